The van der Waals surface area contributed by atoms with Crippen LogP contribution in [0.1, 0.15) is 0 Å². The van der Waals surface area contributed by atoms with E-state index in [1.807, 2.05) is 0 Å². The number of thiol groups is 1. The Hall–Kier alpha value is -1.73. The molecule has 0 aromatic heterocycles. The van der Waals surface area contributed by atoms with Gasteiger partial charge in [0.2, 0.25) is 0 Å². The number of benzene rings is 1. The Kier molecular flexibility index (Phi) is 4.57. The lowest BCUT2D eigenvalue weighted by molar-refractivity contribution is -0.140. The molecule has 8 heteroatoms. The summed E-state index contributed by atoms with van der Waals surface area (Å²) < 4.78 is 13.0. The molecule has 0 aliphatic heterocycles. The summed E-state index contributed by atoms with van der Waals surface area (Å²) in [5.41, 5.74) is -0.872. The van der Waals surface area contributed by atoms with Crippen molar-refractivity contribution in [3.8, 4) is 0 Å². The molecule has 1 aromatic carbocycles. The van der Waals surface area contributed by atoms with Crippen molar-refractivity contribution in [3.05, 3.63) is 39.6 Å². The number of rotatable bonds is 4. The number of hydrogen-bond donors (Lipinski definition) is 4. The minimum atomic E-state index is -1.66. The maximum Gasteiger partial charge on any atom is 0.345 e. The van der Waals surface area contributed by atoms with Gasteiger partial charge in [0.05, 0.1) is 5.03 Å². The van der Waals surface area contributed by atoms with Crippen molar-refractivity contribution in [2.24, 2.45) is 0 Å². The Labute approximate surface area is 111 Å². The molecule has 0 amide bonds. The molecule has 1 aromatic rings. The molecule has 0 heterocycles. The fourth-order valence-electron chi connectivity index (χ4n) is 1.12. The van der Waals surface area contributed by atoms with Gasteiger partial charge in [0.25, 0.3) is 0 Å². The zero-order chi connectivity index (χ0) is 13.9. The third-order valence-corrected chi connectivity index (χ3v) is 2.34. The van der Waals surface area contributed by atoms with Crippen LogP contribution >= 0.6 is 24.2 Å². The van der Waals surface area contributed by atoms with Gasteiger partial charge in [-0.25, -0.2) is 14.0 Å². The van der Waals surface area contributed by atoms with E-state index in [1.165, 1.54) is 6.07 Å². The van der Waals surface area contributed by atoms with E-state index < -0.39 is 28.4 Å². The van der Waals surface area contributed by atoms with Crippen molar-refractivity contribution in [3.63, 3.8) is 0 Å². The van der Waals surface area contributed by atoms with Crippen LogP contribution in [0.4, 0.5) is 10.1 Å². The quantitative estimate of drug-likeness (QED) is 0.296. The summed E-state index contributed by atoms with van der Waals surface area (Å²) in [5.74, 6) is -3.98. The zero-order valence-corrected chi connectivity index (χ0v) is 10.3. The average molecular weight is 292 g/mol. The second-order valence-electron chi connectivity index (χ2n) is 3.12. The smallest absolute Gasteiger partial charge is 0.345 e. The van der Waals surface area contributed by atoms with Gasteiger partial charge in [-0.15, -0.1) is 12.6 Å². The third kappa shape index (κ3) is 3.64. The minimum absolute atomic E-state index is 0.0748. The van der Waals surface area contributed by atoms with E-state index in [0.29, 0.717) is 0 Å². The molecule has 0 aliphatic rings. The number of carboxylic acids is 2. The predicted molar refractivity (Wildman–Crippen MR) is 66.3 cm³/mol. The van der Waals surface area contributed by atoms with Crippen LogP contribution in [-0.2, 0) is 9.59 Å². The molecule has 5 nitrogen and oxygen atoms in total. The zero-order valence-electron chi connectivity index (χ0n) is 8.65. The summed E-state index contributed by atoms with van der Waals surface area (Å²) in [5, 5.41) is 19.3. The van der Waals surface area contributed by atoms with E-state index in [9.17, 15) is 14.0 Å². The number of anilines is 1. The number of carboxylic acid groups (broad SMARTS) is 2. The highest BCUT2D eigenvalue weighted by Gasteiger charge is 2.20. The van der Waals surface area contributed by atoms with Crippen LogP contribution in [0, 0.1) is 5.82 Å². The first kappa shape index (κ1) is 14.3. The lowest BCUT2D eigenvalue weighted by atomic mass is 10.2. The Balaban J connectivity index is 3.12. The van der Waals surface area contributed by atoms with E-state index in [0.717, 1.165) is 12.1 Å². The number of nitrogens with one attached hydrogen (secondary N) is 1. The monoisotopic (exact) mass is 291 g/mol. The van der Waals surface area contributed by atoms with Gasteiger partial charge >= 0.3 is 11.9 Å². The summed E-state index contributed by atoms with van der Waals surface area (Å²) in [6, 6.07) is 3.36. The Morgan fingerprint density at radius 2 is 1.78 bits per heavy atom. The van der Waals surface area contributed by atoms with Crippen LogP contribution < -0.4 is 5.32 Å². The molecule has 0 saturated carbocycles. The lowest BCUT2D eigenvalue weighted by Gasteiger charge is -2.08. The van der Waals surface area contributed by atoms with Gasteiger partial charge in [0.15, 0.2) is 5.57 Å². The first-order valence-electron chi connectivity index (χ1n) is 4.44. The summed E-state index contributed by atoms with van der Waals surface area (Å²) >= 11 is 9.31. The van der Waals surface area contributed by atoms with E-state index in [4.69, 9.17) is 21.8 Å². The van der Waals surface area contributed by atoms with Crippen molar-refractivity contribution < 1.29 is 24.2 Å². The van der Waals surface area contributed by atoms with Crippen LogP contribution in [0.5, 0.6) is 0 Å². The number of carbonyl (C=O) groups is 2. The molecular weight excluding hydrogens is 285 g/mol. The van der Waals surface area contributed by atoms with Crippen LogP contribution in [0.3, 0.4) is 0 Å². The molecule has 0 atom stereocenters. The summed E-state index contributed by atoms with van der Waals surface area (Å²) in [4.78, 5) is 21.4. The molecule has 18 heavy (non-hydrogen) atoms. The maximum absolute atomic E-state index is 13.0. The van der Waals surface area contributed by atoms with Gasteiger partial charge in [-0.3, -0.25) is 0 Å². The Bertz CT molecular complexity index is 510. The second kappa shape index (κ2) is 5.74. The van der Waals surface area contributed by atoms with Gasteiger partial charge < -0.3 is 15.5 Å². The average Bonchev–Trinajstić information content (AvgIpc) is 2.13. The fraction of sp³-hybridized carbons (Fsp3) is 0. The van der Waals surface area contributed by atoms with Gasteiger partial charge in [-0.05, 0) is 18.2 Å². The minimum Gasteiger partial charge on any atom is -0.477 e. The molecule has 0 aliphatic carbocycles. The van der Waals surface area contributed by atoms with Crippen molar-refractivity contribution >= 4 is 41.9 Å². The number of hydrogen-bond acceptors (Lipinski definition) is 4. The number of halogens is 2. The molecule has 96 valence electrons. The highest BCUT2D eigenvalue weighted by Crippen LogP contribution is 2.21. The summed E-state index contributed by atoms with van der Waals surface area (Å²) in [6.07, 6.45) is 0. The van der Waals surface area contributed by atoms with Crippen LogP contribution in [0.15, 0.2) is 28.8 Å². The fourth-order valence-corrected chi connectivity index (χ4v) is 1.66. The van der Waals surface area contributed by atoms with Gasteiger partial charge in [-0.1, -0.05) is 11.6 Å². The van der Waals surface area contributed by atoms with E-state index in [-0.39, 0.29) is 10.7 Å². The van der Waals surface area contributed by atoms with Crippen molar-refractivity contribution in [2.75, 3.05) is 5.32 Å². The lowest BCUT2D eigenvalue weighted by Crippen LogP contribution is -2.15. The normalized spacial score (nSPS) is 9.72. The van der Waals surface area contributed by atoms with Crippen LogP contribution in [0.25, 0.3) is 0 Å². The molecule has 3 N–H and O–H groups in total. The van der Waals surface area contributed by atoms with Gasteiger partial charge in [-0.2, -0.15) is 0 Å². The molecule has 0 saturated heterocycles. The first-order valence-corrected chi connectivity index (χ1v) is 5.26. The predicted octanol–water partition coefficient (Wildman–Crippen LogP) is 2.20. The largest absolute Gasteiger partial charge is 0.477 e. The molecular formula is C10H7ClFNO4S. The van der Waals surface area contributed by atoms with Crippen LogP contribution in [-0.4, -0.2) is 22.2 Å². The SMILES string of the molecule is O=C(O)C(C(=O)O)=C(S)Nc1cc(F)cc(Cl)c1. The molecule has 0 spiro atoms. The first-order chi connectivity index (χ1) is 8.31. The van der Waals surface area contributed by atoms with E-state index >= 15 is 0 Å². The van der Waals surface area contributed by atoms with Crippen molar-refractivity contribution in [1.29, 1.82) is 0 Å². The summed E-state index contributed by atoms with van der Waals surface area (Å²) in [7, 11) is 0. The van der Waals surface area contributed by atoms with Crippen molar-refractivity contribution in [2.45, 2.75) is 0 Å². The third-order valence-electron chi connectivity index (χ3n) is 1.79. The van der Waals surface area contributed by atoms with Gasteiger partial charge in [0.1, 0.15) is 5.82 Å². The molecule has 0 bridgehead atoms. The highest BCUT2D eigenvalue weighted by atomic mass is 35.5. The molecule has 0 unspecified atom stereocenters. The highest BCUT2D eigenvalue weighted by molar-refractivity contribution is 7.84. The second-order valence-corrected chi connectivity index (χ2v) is 4.00. The maximum atomic E-state index is 13.0. The molecule has 0 fully saturated rings. The Morgan fingerprint density at radius 1 is 1.22 bits per heavy atom. The van der Waals surface area contributed by atoms with Crippen molar-refractivity contribution in [1.82, 2.24) is 0 Å². The molecule has 0 radical (unpaired) electrons. The Morgan fingerprint density at radius 3 is 2.22 bits per heavy atom. The van der Waals surface area contributed by atoms with E-state index in [1.54, 1.807) is 0 Å². The number of aliphatic carboxylic acids is 2. The van der Waals surface area contributed by atoms with E-state index in [2.05, 4.69) is 17.9 Å². The summed E-state index contributed by atoms with van der Waals surface area (Å²) in [6.45, 7) is 0. The standard InChI is InChI=1S/C10H7ClFNO4S/c11-4-1-5(12)3-6(2-4)13-8(18)7(9(14)15)10(16)17/h1-3,13,18H,(H,14,15)(H,16,17). The topological polar surface area (TPSA) is 86.6 Å². The molecule has 1 rings (SSSR count). The van der Waals surface area contributed by atoms with Gasteiger partial charge in [0, 0.05) is 10.7 Å². The van der Waals surface area contributed by atoms with Crippen LogP contribution in [0.2, 0.25) is 5.02 Å².